The van der Waals surface area contributed by atoms with Crippen molar-refractivity contribution in [3.05, 3.63) is 64.7 Å². The molecule has 0 radical (unpaired) electrons. The number of aliphatic imine (C=N–C) groups is 1. The SMILES string of the molecule is O=C1c2ccccc2[C@@H](C=NCCO)C(=O)N1c1ccc(Cl)cc1. The summed E-state index contributed by atoms with van der Waals surface area (Å²) in [4.78, 5) is 30.9. The summed E-state index contributed by atoms with van der Waals surface area (Å²) in [6, 6.07) is 13.5. The number of amides is 2. The van der Waals surface area contributed by atoms with Crippen LogP contribution in [0.2, 0.25) is 5.02 Å². The standard InChI is InChI=1S/C18H15ClN2O3/c19-12-5-7-13(8-6-12)21-17(23)15-4-2-1-3-14(15)16(18(21)24)11-20-9-10-22/h1-8,11,16,22H,9-10H2/t16-/m1/s1. The average molecular weight is 343 g/mol. The molecular formula is C18H15ClN2O3. The van der Waals surface area contributed by atoms with Crippen LogP contribution in [0.3, 0.4) is 0 Å². The second-order valence-electron chi connectivity index (χ2n) is 5.30. The topological polar surface area (TPSA) is 70.0 Å². The molecule has 24 heavy (non-hydrogen) atoms. The van der Waals surface area contributed by atoms with E-state index in [0.717, 1.165) is 4.90 Å². The maximum Gasteiger partial charge on any atom is 0.265 e. The van der Waals surface area contributed by atoms with Gasteiger partial charge >= 0.3 is 0 Å². The van der Waals surface area contributed by atoms with Gasteiger partial charge in [0, 0.05) is 16.8 Å². The van der Waals surface area contributed by atoms with Crippen molar-refractivity contribution in [3.8, 4) is 0 Å². The number of halogens is 1. The lowest BCUT2D eigenvalue weighted by Gasteiger charge is -2.31. The number of nitrogens with zero attached hydrogens (tertiary/aromatic N) is 2. The Bertz CT molecular complexity index is 802. The number of fused-ring (bicyclic) bond motifs is 1. The minimum absolute atomic E-state index is 0.0983. The van der Waals surface area contributed by atoms with Crippen LogP contribution in [-0.2, 0) is 4.79 Å². The van der Waals surface area contributed by atoms with Gasteiger partial charge in [-0.2, -0.15) is 0 Å². The molecule has 0 unspecified atom stereocenters. The van der Waals surface area contributed by atoms with Gasteiger partial charge in [-0.25, -0.2) is 4.90 Å². The number of carbonyl (C=O) groups excluding carboxylic acids is 2. The highest BCUT2D eigenvalue weighted by atomic mass is 35.5. The Hall–Kier alpha value is -2.50. The van der Waals surface area contributed by atoms with E-state index in [1.54, 1.807) is 48.5 Å². The van der Waals surface area contributed by atoms with Gasteiger partial charge in [-0.15, -0.1) is 0 Å². The summed E-state index contributed by atoms with van der Waals surface area (Å²) in [5.74, 6) is -1.41. The molecule has 3 rings (SSSR count). The van der Waals surface area contributed by atoms with Crippen LogP contribution >= 0.6 is 11.6 Å². The smallest absolute Gasteiger partial charge is 0.265 e. The molecule has 6 heteroatoms. The van der Waals surface area contributed by atoms with E-state index in [1.165, 1.54) is 6.21 Å². The number of carbonyl (C=O) groups is 2. The Kier molecular flexibility index (Phi) is 4.74. The molecule has 0 fully saturated rings. The van der Waals surface area contributed by atoms with E-state index in [9.17, 15) is 9.59 Å². The summed E-state index contributed by atoms with van der Waals surface area (Å²) in [5.41, 5.74) is 1.55. The lowest BCUT2D eigenvalue weighted by Crippen LogP contribution is -2.45. The summed E-state index contributed by atoms with van der Waals surface area (Å²) < 4.78 is 0. The van der Waals surface area contributed by atoms with Crippen molar-refractivity contribution in [3.63, 3.8) is 0 Å². The van der Waals surface area contributed by atoms with Gasteiger partial charge in [0.15, 0.2) is 0 Å². The Balaban J connectivity index is 2.07. The number of hydrogen-bond acceptors (Lipinski definition) is 4. The second kappa shape index (κ2) is 6.95. The summed E-state index contributed by atoms with van der Waals surface area (Å²) in [5, 5.41) is 9.40. The van der Waals surface area contributed by atoms with E-state index in [4.69, 9.17) is 16.7 Å². The molecule has 0 aromatic heterocycles. The van der Waals surface area contributed by atoms with Gasteiger partial charge in [-0.05, 0) is 35.9 Å². The van der Waals surface area contributed by atoms with Gasteiger partial charge in [0.05, 0.1) is 24.8 Å². The van der Waals surface area contributed by atoms with Gasteiger partial charge in [0.2, 0.25) is 5.91 Å². The molecule has 1 heterocycles. The molecule has 1 atom stereocenters. The zero-order chi connectivity index (χ0) is 17.1. The highest BCUT2D eigenvalue weighted by molar-refractivity contribution is 6.31. The predicted octanol–water partition coefficient (Wildman–Crippen LogP) is 2.67. The first-order chi connectivity index (χ1) is 11.6. The van der Waals surface area contributed by atoms with Gasteiger partial charge in [-0.1, -0.05) is 29.8 Å². The molecule has 0 aliphatic carbocycles. The van der Waals surface area contributed by atoms with Crippen LogP contribution in [0.4, 0.5) is 5.69 Å². The first-order valence-corrected chi connectivity index (χ1v) is 7.85. The Labute approximate surface area is 144 Å². The van der Waals surface area contributed by atoms with E-state index in [0.29, 0.717) is 21.8 Å². The van der Waals surface area contributed by atoms with Crippen molar-refractivity contribution < 1.29 is 14.7 Å². The van der Waals surface area contributed by atoms with Gasteiger partial charge in [0.1, 0.15) is 0 Å². The van der Waals surface area contributed by atoms with Gasteiger partial charge < -0.3 is 5.11 Å². The number of aliphatic hydroxyl groups is 1. The molecule has 0 spiro atoms. The number of anilines is 1. The van der Waals surface area contributed by atoms with Crippen LogP contribution < -0.4 is 4.90 Å². The van der Waals surface area contributed by atoms with Crippen molar-refractivity contribution in [2.24, 2.45) is 4.99 Å². The maximum atomic E-state index is 12.9. The van der Waals surface area contributed by atoms with Crippen molar-refractivity contribution in [2.45, 2.75) is 5.92 Å². The lowest BCUT2D eigenvalue weighted by molar-refractivity contribution is -0.118. The quantitative estimate of drug-likeness (QED) is 0.686. The molecule has 0 bridgehead atoms. The van der Waals surface area contributed by atoms with Crippen molar-refractivity contribution >= 4 is 35.3 Å². The van der Waals surface area contributed by atoms with Crippen molar-refractivity contribution in [2.75, 3.05) is 18.1 Å². The van der Waals surface area contributed by atoms with Gasteiger partial charge in [0.25, 0.3) is 5.91 Å². The lowest BCUT2D eigenvalue weighted by atomic mass is 9.89. The van der Waals surface area contributed by atoms with Crippen LogP contribution in [0.15, 0.2) is 53.5 Å². The largest absolute Gasteiger partial charge is 0.394 e. The summed E-state index contributed by atoms with van der Waals surface area (Å²) in [6.45, 7) is 0.111. The minimum Gasteiger partial charge on any atom is -0.394 e. The third kappa shape index (κ3) is 2.96. The average Bonchev–Trinajstić information content (AvgIpc) is 2.60. The normalized spacial score (nSPS) is 17.4. The van der Waals surface area contributed by atoms with Gasteiger partial charge in [-0.3, -0.25) is 14.6 Å². The second-order valence-corrected chi connectivity index (χ2v) is 5.74. The molecule has 1 N–H and O–H groups in total. The highest BCUT2D eigenvalue weighted by Crippen LogP contribution is 2.32. The maximum absolute atomic E-state index is 12.9. The Morgan fingerprint density at radius 3 is 2.54 bits per heavy atom. The first kappa shape index (κ1) is 16.4. The van der Waals surface area contributed by atoms with Crippen molar-refractivity contribution in [1.82, 2.24) is 0 Å². The van der Waals surface area contributed by atoms with Crippen LogP contribution in [0.1, 0.15) is 21.8 Å². The number of hydrogen-bond donors (Lipinski definition) is 1. The van der Waals surface area contributed by atoms with E-state index < -0.39 is 5.92 Å². The predicted molar refractivity (Wildman–Crippen MR) is 92.9 cm³/mol. The zero-order valence-electron chi connectivity index (χ0n) is 12.7. The summed E-state index contributed by atoms with van der Waals surface area (Å²) in [6.07, 6.45) is 1.49. The highest BCUT2D eigenvalue weighted by Gasteiger charge is 2.38. The zero-order valence-corrected chi connectivity index (χ0v) is 13.5. The number of aliphatic hydroxyl groups excluding tert-OH is 1. The molecule has 0 saturated heterocycles. The molecule has 2 aromatic carbocycles. The third-order valence-electron chi connectivity index (χ3n) is 3.78. The van der Waals surface area contributed by atoms with E-state index in [-0.39, 0.29) is 25.0 Å². The van der Waals surface area contributed by atoms with E-state index >= 15 is 0 Å². The van der Waals surface area contributed by atoms with Crippen molar-refractivity contribution in [1.29, 1.82) is 0 Å². The first-order valence-electron chi connectivity index (χ1n) is 7.47. The number of rotatable bonds is 4. The fourth-order valence-corrected chi connectivity index (χ4v) is 2.80. The molecule has 2 amide bonds. The summed E-state index contributed by atoms with van der Waals surface area (Å²) >= 11 is 5.88. The van der Waals surface area contributed by atoms with E-state index in [1.807, 2.05) is 0 Å². The Morgan fingerprint density at radius 1 is 1.12 bits per heavy atom. The fraction of sp³-hybridized carbons (Fsp3) is 0.167. The fourth-order valence-electron chi connectivity index (χ4n) is 2.67. The molecule has 2 aromatic rings. The molecule has 122 valence electrons. The number of imide groups is 1. The molecule has 1 aliphatic rings. The minimum atomic E-state index is -0.666. The van der Waals surface area contributed by atoms with Crippen LogP contribution in [0, 0.1) is 0 Å². The van der Waals surface area contributed by atoms with E-state index in [2.05, 4.69) is 4.99 Å². The van der Waals surface area contributed by atoms with Crippen LogP contribution in [0.5, 0.6) is 0 Å². The van der Waals surface area contributed by atoms with Crippen LogP contribution in [-0.4, -0.2) is 36.3 Å². The molecule has 1 aliphatic heterocycles. The summed E-state index contributed by atoms with van der Waals surface area (Å²) in [7, 11) is 0. The Morgan fingerprint density at radius 2 is 1.83 bits per heavy atom. The molecule has 5 nitrogen and oxygen atoms in total. The van der Waals surface area contributed by atoms with Crippen LogP contribution in [0.25, 0.3) is 0 Å². The molecule has 0 saturated carbocycles. The monoisotopic (exact) mass is 342 g/mol. The number of benzene rings is 2. The third-order valence-corrected chi connectivity index (χ3v) is 4.04. The molecular weight excluding hydrogens is 328 g/mol.